The fourth-order valence-corrected chi connectivity index (χ4v) is 0.804. The van der Waals surface area contributed by atoms with Crippen LogP contribution in [-0.2, 0) is 14.4 Å². The van der Waals surface area contributed by atoms with E-state index < -0.39 is 12.1 Å². The first-order chi connectivity index (χ1) is 6.65. The molecule has 14 heavy (non-hydrogen) atoms. The molecule has 0 aliphatic rings. The van der Waals surface area contributed by atoms with Gasteiger partial charge in [-0.15, -0.1) is 0 Å². The van der Waals surface area contributed by atoms with Gasteiger partial charge in [-0.1, -0.05) is 21.1 Å². The largest absolute Gasteiger partial charge is 0.461 e. The van der Waals surface area contributed by atoms with Gasteiger partial charge >= 0.3 is 12.1 Å². The third kappa shape index (κ3) is 4.80. The summed E-state index contributed by atoms with van der Waals surface area (Å²) in [6.07, 6.45) is -0.743. The van der Waals surface area contributed by atoms with Crippen LogP contribution in [0.4, 0.5) is 4.79 Å². The Morgan fingerprint density at radius 3 is 2.57 bits per heavy atom. The van der Waals surface area contributed by atoms with Gasteiger partial charge in [0.2, 0.25) is 0 Å². The third-order valence-corrected chi connectivity index (χ3v) is 1.61. The normalized spacial score (nSPS) is 10.6. The van der Waals surface area contributed by atoms with Gasteiger partial charge in [0.25, 0.3) is 0 Å². The Kier molecular flexibility index (Phi) is 6.73. The SMILES string of the molecule is CCOC(=O)C(CBr)=NOC(=O)NC. The van der Waals surface area contributed by atoms with Crippen molar-refractivity contribution < 1.29 is 19.2 Å². The number of nitrogens with one attached hydrogen (secondary N) is 1. The van der Waals surface area contributed by atoms with Crippen LogP contribution in [0.5, 0.6) is 0 Å². The van der Waals surface area contributed by atoms with Crippen molar-refractivity contribution in [2.45, 2.75) is 6.92 Å². The van der Waals surface area contributed by atoms with Crippen LogP contribution in [0, 0.1) is 0 Å². The number of carbonyl (C=O) groups excluding carboxylic acids is 2. The molecule has 0 aromatic carbocycles. The highest BCUT2D eigenvalue weighted by molar-refractivity contribution is 9.09. The molecular formula is C7H11BrN2O4. The average Bonchev–Trinajstić information content (AvgIpc) is 2.18. The van der Waals surface area contributed by atoms with Gasteiger partial charge in [-0.05, 0) is 6.92 Å². The highest BCUT2D eigenvalue weighted by Crippen LogP contribution is 1.93. The van der Waals surface area contributed by atoms with E-state index in [0.717, 1.165) is 0 Å². The zero-order valence-electron chi connectivity index (χ0n) is 7.87. The lowest BCUT2D eigenvalue weighted by Crippen LogP contribution is -2.22. The Bertz CT molecular complexity index is 242. The van der Waals surface area contributed by atoms with E-state index in [9.17, 15) is 9.59 Å². The van der Waals surface area contributed by atoms with Gasteiger partial charge in [0.05, 0.1) is 11.9 Å². The highest BCUT2D eigenvalue weighted by Gasteiger charge is 2.12. The molecule has 0 aliphatic heterocycles. The minimum atomic E-state index is -0.743. The molecule has 1 N–H and O–H groups in total. The Morgan fingerprint density at radius 2 is 2.14 bits per heavy atom. The molecule has 1 amide bonds. The average molecular weight is 267 g/mol. The topological polar surface area (TPSA) is 77.0 Å². The quantitative estimate of drug-likeness (QED) is 0.267. The molecule has 0 saturated carbocycles. The number of amides is 1. The maximum absolute atomic E-state index is 11.1. The summed E-state index contributed by atoms with van der Waals surface area (Å²) in [6, 6.07) is 0. The molecule has 0 atom stereocenters. The number of alkyl halides is 1. The van der Waals surface area contributed by atoms with E-state index in [2.05, 4.69) is 36.0 Å². The molecule has 80 valence electrons. The lowest BCUT2D eigenvalue weighted by Gasteiger charge is -2.01. The molecule has 0 aliphatic carbocycles. The van der Waals surface area contributed by atoms with E-state index in [1.807, 2.05) is 0 Å². The van der Waals surface area contributed by atoms with Gasteiger partial charge < -0.3 is 10.1 Å². The molecule has 6 nitrogen and oxygen atoms in total. The minimum absolute atomic E-state index is 0.00421. The van der Waals surface area contributed by atoms with Gasteiger partial charge in [-0.25, -0.2) is 9.59 Å². The summed E-state index contributed by atoms with van der Waals surface area (Å²) in [5.41, 5.74) is -0.00421. The van der Waals surface area contributed by atoms with Gasteiger partial charge in [0.15, 0.2) is 5.71 Å². The molecular weight excluding hydrogens is 256 g/mol. The van der Waals surface area contributed by atoms with Gasteiger partial charge in [0.1, 0.15) is 0 Å². The first kappa shape index (κ1) is 12.9. The fourth-order valence-electron chi connectivity index (χ4n) is 0.473. The molecule has 0 unspecified atom stereocenters. The number of ether oxygens (including phenoxy) is 1. The van der Waals surface area contributed by atoms with E-state index >= 15 is 0 Å². The van der Waals surface area contributed by atoms with Crippen LogP contribution in [0.1, 0.15) is 6.92 Å². The molecule has 0 rings (SSSR count). The number of oxime groups is 1. The summed E-state index contributed by atoms with van der Waals surface area (Å²) in [5.74, 6) is -0.617. The maximum atomic E-state index is 11.1. The molecule has 0 radical (unpaired) electrons. The molecule has 0 bridgehead atoms. The lowest BCUT2D eigenvalue weighted by atomic mass is 10.4. The van der Waals surface area contributed by atoms with Crippen LogP contribution >= 0.6 is 15.9 Å². The molecule has 0 fully saturated rings. The van der Waals surface area contributed by atoms with Crippen molar-refractivity contribution >= 4 is 33.7 Å². The van der Waals surface area contributed by atoms with Crippen LogP contribution in [0.3, 0.4) is 0 Å². The lowest BCUT2D eigenvalue weighted by molar-refractivity contribution is -0.135. The zero-order valence-corrected chi connectivity index (χ0v) is 9.46. The van der Waals surface area contributed by atoms with Crippen molar-refractivity contribution in [3.8, 4) is 0 Å². The van der Waals surface area contributed by atoms with Crippen molar-refractivity contribution in [3.63, 3.8) is 0 Å². The van der Waals surface area contributed by atoms with Crippen LogP contribution in [0.25, 0.3) is 0 Å². The number of rotatable bonds is 4. The van der Waals surface area contributed by atoms with Gasteiger partial charge in [-0.3, -0.25) is 4.84 Å². The Hall–Kier alpha value is -1.11. The van der Waals surface area contributed by atoms with Crippen molar-refractivity contribution in [1.82, 2.24) is 5.32 Å². The summed E-state index contributed by atoms with van der Waals surface area (Å²) in [5, 5.41) is 5.65. The number of halogens is 1. The van der Waals surface area contributed by atoms with Crippen LogP contribution in [-0.4, -0.2) is 36.8 Å². The van der Waals surface area contributed by atoms with Crippen molar-refractivity contribution in [1.29, 1.82) is 0 Å². The van der Waals surface area contributed by atoms with E-state index in [-0.39, 0.29) is 17.6 Å². The van der Waals surface area contributed by atoms with Crippen LogP contribution < -0.4 is 5.32 Å². The number of hydrogen-bond acceptors (Lipinski definition) is 5. The summed E-state index contributed by atoms with van der Waals surface area (Å²) >= 11 is 3.02. The molecule has 0 aromatic heterocycles. The smallest absolute Gasteiger partial charge is 0.433 e. The summed E-state index contributed by atoms with van der Waals surface area (Å²) < 4.78 is 4.65. The number of nitrogens with zero attached hydrogens (tertiary/aromatic N) is 1. The van der Waals surface area contributed by atoms with Gasteiger partial charge in [0, 0.05) is 7.05 Å². The Balaban J connectivity index is 4.24. The summed E-state index contributed by atoms with van der Waals surface area (Å²) in [6.45, 7) is 1.91. The van der Waals surface area contributed by atoms with Crippen molar-refractivity contribution in [2.75, 3.05) is 19.0 Å². The number of hydrogen-bond donors (Lipinski definition) is 1. The molecule has 7 heteroatoms. The van der Waals surface area contributed by atoms with Gasteiger partial charge in [-0.2, -0.15) is 0 Å². The zero-order chi connectivity index (χ0) is 11.0. The third-order valence-electron chi connectivity index (χ3n) is 1.08. The van der Waals surface area contributed by atoms with E-state index in [1.165, 1.54) is 7.05 Å². The van der Waals surface area contributed by atoms with E-state index in [0.29, 0.717) is 0 Å². The molecule has 0 spiro atoms. The Labute approximate surface area is 89.7 Å². The van der Waals surface area contributed by atoms with E-state index in [1.54, 1.807) is 6.92 Å². The number of esters is 1. The second-order valence-electron chi connectivity index (χ2n) is 2.02. The first-order valence-corrected chi connectivity index (χ1v) is 4.96. The van der Waals surface area contributed by atoms with E-state index in [4.69, 9.17) is 0 Å². The predicted molar refractivity (Wildman–Crippen MR) is 53.4 cm³/mol. The molecule has 0 saturated heterocycles. The maximum Gasteiger partial charge on any atom is 0.433 e. The first-order valence-electron chi connectivity index (χ1n) is 3.84. The second-order valence-corrected chi connectivity index (χ2v) is 2.58. The van der Waals surface area contributed by atoms with Crippen molar-refractivity contribution in [3.05, 3.63) is 0 Å². The van der Waals surface area contributed by atoms with Crippen LogP contribution in [0.2, 0.25) is 0 Å². The summed E-state index contributed by atoms with van der Waals surface area (Å²) in [4.78, 5) is 26.0. The number of carbonyl (C=O) groups is 2. The minimum Gasteiger partial charge on any atom is -0.461 e. The summed E-state index contributed by atoms with van der Waals surface area (Å²) in [7, 11) is 1.38. The highest BCUT2D eigenvalue weighted by atomic mass is 79.9. The Morgan fingerprint density at radius 1 is 1.50 bits per heavy atom. The fraction of sp³-hybridized carbons (Fsp3) is 0.571. The van der Waals surface area contributed by atoms with Crippen LogP contribution in [0.15, 0.2) is 5.16 Å². The molecule has 0 heterocycles. The molecule has 0 aromatic rings. The standard InChI is InChI=1S/C7H11BrN2O4/c1-3-13-6(11)5(4-8)10-14-7(12)9-2/h3-4H2,1-2H3,(H,9,12). The van der Waals surface area contributed by atoms with Crippen molar-refractivity contribution in [2.24, 2.45) is 5.16 Å². The predicted octanol–water partition coefficient (Wildman–Crippen LogP) is 0.656. The monoisotopic (exact) mass is 266 g/mol. The second kappa shape index (κ2) is 7.31.